The van der Waals surface area contributed by atoms with Crippen molar-refractivity contribution >= 4 is 23.6 Å². The summed E-state index contributed by atoms with van der Waals surface area (Å²) in [6, 6.07) is 6.08. The highest BCUT2D eigenvalue weighted by atomic mass is 35.5. The number of rotatable bonds is 3. The third kappa shape index (κ3) is 2.69. The molecule has 0 heterocycles. The van der Waals surface area contributed by atoms with Crippen molar-refractivity contribution < 1.29 is 4.79 Å². The van der Waals surface area contributed by atoms with Gasteiger partial charge < -0.3 is 4.90 Å². The van der Waals surface area contributed by atoms with Gasteiger partial charge in [-0.05, 0) is 37.0 Å². The van der Waals surface area contributed by atoms with E-state index >= 15 is 0 Å². The van der Waals surface area contributed by atoms with E-state index in [-0.39, 0.29) is 0 Å². The number of anilines is 1. The van der Waals surface area contributed by atoms with Gasteiger partial charge in [0.05, 0.1) is 10.7 Å². The predicted molar refractivity (Wildman–Crippen MR) is 76.7 cm³/mol. The number of nitrogens with zero attached hydrogens (tertiary/aromatic N) is 1. The molecular formula is C15H20ClNO. The molecule has 2 atom stereocenters. The Balaban J connectivity index is 2.22. The van der Waals surface area contributed by atoms with Crippen molar-refractivity contribution in [2.75, 3.05) is 11.9 Å². The molecule has 1 saturated carbocycles. The molecule has 0 radical (unpaired) electrons. The van der Waals surface area contributed by atoms with Gasteiger partial charge in [-0.3, -0.25) is 4.79 Å². The van der Waals surface area contributed by atoms with Crippen LogP contribution in [0.4, 0.5) is 5.69 Å². The van der Waals surface area contributed by atoms with Gasteiger partial charge in [-0.15, -0.1) is 0 Å². The van der Waals surface area contributed by atoms with E-state index < -0.39 is 0 Å². The van der Waals surface area contributed by atoms with E-state index in [2.05, 4.69) is 18.9 Å². The Labute approximate surface area is 114 Å². The standard InChI is InChI=1S/C15H20ClNO/c1-11-5-3-4-6-14(11)17(2)15-8-7-12(10-18)9-13(15)16/h7-11,14H,3-6H2,1-2H3. The third-order valence-corrected chi connectivity index (χ3v) is 4.35. The van der Waals surface area contributed by atoms with Crippen LogP contribution in [0.5, 0.6) is 0 Å². The summed E-state index contributed by atoms with van der Waals surface area (Å²) in [7, 11) is 2.11. The molecule has 1 aromatic carbocycles. The van der Waals surface area contributed by atoms with Gasteiger partial charge in [0.15, 0.2) is 0 Å². The number of carbonyl (C=O) groups excluding carboxylic acids is 1. The van der Waals surface area contributed by atoms with Crippen molar-refractivity contribution in [2.24, 2.45) is 5.92 Å². The Morgan fingerprint density at radius 3 is 2.67 bits per heavy atom. The lowest BCUT2D eigenvalue weighted by Gasteiger charge is -2.38. The van der Waals surface area contributed by atoms with Gasteiger partial charge >= 0.3 is 0 Å². The minimum atomic E-state index is 0.554. The van der Waals surface area contributed by atoms with E-state index in [0.29, 0.717) is 22.5 Å². The maximum atomic E-state index is 10.7. The molecule has 0 bridgehead atoms. The highest BCUT2D eigenvalue weighted by Gasteiger charge is 2.26. The molecule has 0 aliphatic heterocycles. The molecule has 1 aliphatic rings. The molecule has 18 heavy (non-hydrogen) atoms. The highest BCUT2D eigenvalue weighted by molar-refractivity contribution is 6.33. The van der Waals surface area contributed by atoms with E-state index in [1.165, 1.54) is 25.7 Å². The van der Waals surface area contributed by atoms with Crippen molar-refractivity contribution in [3.05, 3.63) is 28.8 Å². The molecule has 3 heteroatoms. The van der Waals surface area contributed by atoms with E-state index in [9.17, 15) is 4.79 Å². The minimum Gasteiger partial charge on any atom is -0.370 e. The quantitative estimate of drug-likeness (QED) is 0.765. The molecule has 1 aliphatic carbocycles. The molecule has 0 saturated heterocycles. The molecular weight excluding hydrogens is 246 g/mol. The van der Waals surface area contributed by atoms with Gasteiger partial charge in [0.2, 0.25) is 0 Å². The fourth-order valence-electron chi connectivity index (χ4n) is 2.93. The van der Waals surface area contributed by atoms with Gasteiger partial charge in [0.25, 0.3) is 0 Å². The fourth-order valence-corrected chi connectivity index (χ4v) is 3.26. The Bertz CT molecular complexity index is 433. The smallest absolute Gasteiger partial charge is 0.150 e. The number of hydrogen-bond acceptors (Lipinski definition) is 2. The molecule has 1 fully saturated rings. The second kappa shape index (κ2) is 5.75. The van der Waals surface area contributed by atoms with Crippen molar-refractivity contribution in [2.45, 2.75) is 38.6 Å². The van der Waals surface area contributed by atoms with Crippen molar-refractivity contribution in [1.29, 1.82) is 0 Å². The topological polar surface area (TPSA) is 20.3 Å². The Morgan fingerprint density at radius 1 is 1.33 bits per heavy atom. The zero-order valence-corrected chi connectivity index (χ0v) is 11.8. The zero-order chi connectivity index (χ0) is 13.1. The maximum absolute atomic E-state index is 10.7. The lowest BCUT2D eigenvalue weighted by molar-refractivity contribution is 0.112. The van der Waals surface area contributed by atoms with Gasteiger partial charge in [-0.25, -0.2) is 0 Å². The first-order chi connectivity index (χ1) is 8.63. The second-order valence-electron chi connectivity index (χ2n) is 5.27. The SMILES string of the molecule is CC1CCCCC1N(C)c1ccc(C=O)cc1Cl. The van der Waals surface area contributed by atoms with Crippen LogP contribution >= 0.6 is 11.6 Å². The lowest BCUT2D eigenvalue weighted by atomic mass is 9.85. The van der Waals surface area contributed by atoms with E-state index in [0.717, 1.165) is 12.0 Å². The van der Waals surface area contributed by atoms with Crippen LogP contribution in [0, 0.1) is 5.92 Å². The van der Waals surface area contributed by atoms with Crippen LogP contribution in [-0.4, -0.2) is 19.4 Å². The van der Waals surface area contributed by atoms with Crippen molar-refractivity contribution in [1.82, 2.24) is 0 Å². The summed E-state index contributed by atoms with van der Waals surface area (Å²) < 4.78 is 0. The predicted octanol–water partition coefficient (Wildman–Crippen LogP) is 4.17. The second-order valence-corrected chi connectivity index (χ2v) is 5.68. The molecule has 0 aromatic heterocycles. The van der Waals surface area contributed by atoms with Crippen LogP contribution in [0.1, 0.15) is 43.0 Å². The first-order valence-electron chi connectivity index (χ1n) is 6.61. The minimum absolute atomic E-state index is 0.554. The number of halogens is 1. The molecule has 1 aromatic rings. The summed E-state index contributed by atoms with van der Waals surface area (Å²) in [6.45, 7) is 2.31. The Kier molecular flexibility index (Phi) is 4.28. The number of benzene rings is 1. The average Bonchev–Trinajstić information content (AvgIpc) is 2.38. The first-order valence-corrected chi connectivity index (χ1v) is 6.99. The van der Waals surface area contributed by atoms with Gasteiger partial charge in [-0.1, -0.05) is 31.4 Å². The summed E-state index contributed by atoms with van der Waals surface area (Å²) in [6.07, 6.45) is 5.98. The summed E-state index contributed by atoms with van der Waals surface area (Å²) >= 11 is 6.27. The number of hydrogen-bond donors (Lipinski definition) is 0. The molecule has 2 unspecified atom stereocenters. The zero-order valence-electron chi connectivity index (χ0n) is 11.0. The molecule has 0 amide bonds. The summed E-state index contributed by atoms with van der Waals surface area (Å²) in [5.74, 6) is 0.700. The van der Waals surface area contributed by atoms with Crippen LogP contribution in [0.15, 0.2) is 18.2 Å². The average molecular weight is 266 g/mol. The monoisotopic (exact) mass is 265 g/mol. The largest absolute Gasteiger partial charge is 0.370 e. The van der Waals surface area contributed by atoms with Crippen molar-refractivity contribution in [3.8, 4) is 0 Å². The van der Waals surface area contributed by atoms with E-state index in [1.54, 1.807) is 6.07 Å². The summed E-state index contributed by atoms with van der Waals surface area (Å²) in [4.78, 5) is 13.0. The molecule has 2 rings (SSSR count). The van der Waals surface area contributed by atoms with E-state index in [4.69, 9.17) is 11.6 Å². The van der Waals surface area contributed by atoms with Crippen LogP contribution in [0.2, 0.25) is 5.02 Å². The number of aldehydes is 1. The normalized spacial score (nSPS) is 23.7. The number of carbonyl (C=O) groups is 1. The van der Waals surface area contributed by atoms with Crippen LogP contribution in [-0.2, 0) is 0 Å². The van der Waals surface area contributed by atoms with E-state index in [1.807, 2.05) is 12.1 Å². The molecule has 0 spiro atoms. The maximum Gasteiger partial charge on any atom is 0.150 e. The fraction of sp³-hybridized carbons (Fsp3) is 0.533. The van der Waals surface area contributed by atoms with Crippen LogP contribution < -0.4 is 4.90 Å². The lowest BCUT2D eigenvalue weighted by Crippen LogP contribution is -2.39. The summed E-state index contributed by atoms with van der Waals surface area (Å²) in [5.41, 5.74) is 1.66. The van der Waals surface area contributed by atoms with Gasteiger partial charge in [0, 0.05) is 18.7 Å². The van der Waals surface area contributed by atoms with Gasteiger partial charge in [-0.2, -0.15) is 0 Å². The summed E-state index contributed by atoms with van der Waals surface area (Å²) in [5, 5.41) is 0.667. The molecule has 2 nitrogen and oxygen atoms in total. The van der Waals surface area contributed by atoms with Crippen LogP contribution in [0.3, 0.4) is 0 Å². The molecule has 0 N–H and O–H groups in total. The molecule has 98 valence electrons. The third-order valence-electron chi connectivity index (χ3n) is 4.05. The van der Waals surface area contributed by atoms with Crippen LogP contribution in [0.25, 0.3) is 0 Å². The van der Waals surface area contributed by atoms with Gasteiger partial charge in [0.1, 0.15) is 6.29 Å². The Hall–Kier alpha value is -1.02. The first kappa shape index (κ1) is 13.4. The van der Waals surface area contributed by atoms with Crippen molar-refractivity contribution in [3.63, 3.8) is 0 Å². The Morgan fingerprint density at radius 2 is 2.06 bits per heavy atom. The highest BCUT2D eigenvalue weighted by Crippen LogP contribution is 2.34.